The highest BCUT2D eigenvalue weighted by Gasteiger charge is 2.26. The SMILES string of the molecule is CCCCCCCCCCCCCCCC(=O)OC(CN1CCCCC1)CN1CCCCC1=O.Cl. The van der Waals surface area contributed by atoms with E-state index in [9.17, 15) is 9.59 Å². The minimum absolute atomic E-state index is 0. The molecule has 0 spiro atoms. The molecule has 6 heteroatoms. The van der Waals surface area contributed by atoms with Gasteiger partial charge in [-0.3, -0.25) is 14.5 Å². The van der Waals surface area contributed by atoms with E-state index in [1.807, 2.05) is 4.90 Å². The Morgan fingerprint density at radius 1 is 0.743 bits per heavy atom. The van der Waals surface area contributed by atoms with Crippen LogP contribution in [-0.4, -0.2) is 60.5 Å². The minimum Gasteiger partial charge on any atom is -0.459 e. The van der Waals surface area contributed by atoms with Crippen LogP contribution in [0.2, 0.25) is 0 Å². The van der Waals surface area contributed by atoms with Crippen LogP contribution in [0.15, 0.2) is 0 Å². The Morgan fingerprint density at radius 2 is 1.29 bits per heavy atom. The summed E-state index contributed by atoms with van der Waals surface area (Å²) in [6, 6.07) is 0. The lowest BCUT2D eigenvalue weighted by Crippen LogP contribution is -2.47. The third-order valence-corrected chi connectivity index (χ3v) is 7.54. The van der Waals surface area contributed by atoms with Crippen molar-refractivity contribution in [2.75, 3.05) is 32.7 Å². The van der Waals surface area contributed by atoms with Crippen molar-refractivity contribution in [3.63, 3.8) is 0 Å². The molecule has 2 heterocycles. The molecule has 0 aliphatic carbocycles. The second-order valence-electron chi connectivity index (χ2n) is 10.8. The van der Waals surface area contributed by atoms with Gasteiger partial charge < -0.3 is 9.64 Å². The first-order chi connectivity index (χ1) is 16.7. The van der Waals surface area contributed by atoms with Crippen LogP contribution in [0.1, 0.15) is 135 Å². The number of carbonyl (C=O) groups is 2. The van der Waals surface area contributed by atoms with Crippen LogP contribution in [0, 0.1) is 0 Å². The van der Waals surface area contributed by atoms with Gasteiger partial charge in [-0.15, -0.1) is 12.4 Å². The molecule has 2 rings (SSSR count). The molecule has 0 N–H and O–H groups in total. The first-order valence-electron chi connectivity index (χ1n) is 14.9. The molecule has 0 aromatic heterocycles. The molecule has 1 unspecified atom stereocenters. The van der Waals surface area contributed by atoms with Crippen LogP contribution in [0.3, 0.4) is 0 Å². The number of carbonyl (C=O) groups excluding carboxylic acids is 2. The number of nitrogens with zero attached hydrogens (tertiary/aromatic N) is 2. The molecule has 0 saturated carbocycles. The monoisotopic (exact) mass is 514 g/mol. The first kappa shape index (κ1) is 32.2. The van der Waals surface area contributed by atoms with Gasteiger partial charge in [0.25, 0.3) is 0 Å². The van der Waals surface area contributed by atoms with Crippen molar-refractivity contribution in [3.05, 3.63) is 0 Å². The van der Waals surface area contributed by atoms with Crippen molar-refractivity contribution in [2.45, 2.75) is 141 Å². The van der Waals surface area contributed by atoms with Crippen molar-refractivity contribution in [2.24, 2.45) is 0 Å². The van der Waals surface area contributed by atoms with Crippen LogP contribution < -0.4 is 0 Å². The van der Waals surface area contributed by atoms with E-state index in [2.05, 4.69) is 11.8 Å². The summed E-state index contributed by atoms with van der Waals surface area (Å²) in [4.78, 5) is 29.2. The maximum absolute atomic E-state index is 12.6. The molecule has 2 aliphatic rings. The van der Waals surface area contributed by atoms with Crippen molar-refractivity contribution in [1.82, 2.24) is 9.80 Å². The number of piperidine rings is 2. The molecule has 0 bridgehead atoms. The van der Waals surface area contributed by atoms with Gasteiger partial charge in [0.15, 0.2) is 0 Å². The summed E-state index contributed by atoms with van der Waals surface area (Å²) >= 11 is 0. The summed E-state index contributed by atoms with van der Waals surface area (Å²) in [5, 5.41) is 0. The zero-order chi connectivity index (χ0) is 24.3. The van der Waals surface area contributed by atoms with Crippen molar-refractivity contribution < 1.29 is 14.3 Å². The molecule has 1 atom stereocenters. The maximum atomic E-state index is 12.6. The second kappa shape index (κ2) is 21.3. The van der Waals surface area contributed by atoms with E-state index >= 15 is 0 Å². The predicted octanol–water partition coefficient (Wildman–Crippen LogP) is 7.30. The normalized spacial score (nSPS) is 17.7. The number of hydrogen-bond donors (Lipinski definition) is 0. The van der Waals surface area contributed by atoms with Gasteiger partial charge in [0.1, 0.15) is 6.10 Å². The molecule has 35 heavy (non-hydrogen) atoms. The van der Waals surface area contributed by atoms with Gasteiger partial charge in [0.2, 0.25) is 5.91 Å². The minimum atomic E-state index is -0.186. The van der Waals surface area contributed by atoms with Gasteiger partial charge in [0.05, 0.1) is 6.54 Å². The number of hydrogen-bond acceptors (Lipinski definition) is 4. The first-order valence-corrected chi connectivity index (χ1v) is 14.9. The van der Waals surface area contributed by atoms with Crippen molar-refractivity contribution in [3.8, 4) is 0 Å². The molecule has 2 saturated heterocycles. The summed E-state index contributed by atoms with van der Waals surface area (Å²) in [6.45, 7) is 6.59. The van der Waals surface area contributed by atoms with E-state index in [-0.39, 0.29) is 30.4 Å². The highest BCUT2D eigenvalue weighted by molar-refractivity contribution is 5.85. The Morgan fingerprint density at radius 3 is 1.86 bits per heavy atom. The number of amides is 1. The summed E-state index contributed by atoms with van der Waals surface area (Å²) in [5.74, 6) is 0.150. The third kappa shape index (κ3) is 15.8. The number of rotatable bonds is 19. The third-order valence-electron chi connectivity index (χ3n) is 7.54. The molecule has 0 radical (unpaired) electrons. The standard InChI is InChI=1S/C29H54N2O3.ClH/c1-2-3-4-5-6-7-8-9-10-11-12-13-15-21-29(33)34-27(25-30-22-17-14-18-23-30)26-31-24-19-16-20-28(31)32;/h27H,2-26H2,1H3;1H. The van der Waals surface area contributed by atoms with Crippen molar-refractivity contribution in [1.29, 1.82) is 0 Å². The van der Waals surface area contributed by atoms with Gasteiger partial charge >= 0.3 is 5.97 Å². The zero-order valence-corrected chi connectivity index (χ0v) is 23.6. The van der Waals surface area contributed by atoms with Crippen LogP contribution in [0.4, 0.5) is 0 Å². The van der Waals surface area contributed by atoms with Gasteiger partial charge in [-0.05, 0) is 45.2 Å². The quantitative estimate of drug-likeness (QED) is 0.134. The fourth-order valence-corrected chi connectivity index (χ4v) is 5.39. The lowest BCUT2D eigenvalue weighted by Gasteiger charge is -2.34. The van der Waals surface area contributed by atoms with Crippen LogP contribution in [-0.2, 0) is 14.3 Å². The summed E-state index contributed by atoms with van der Waals surface area (Å²) in [7, 11) is 0. The number of likely N-dealkylation sites (tertiary alicyclic amines) is 2. The number of halogens is 1. The molecule has 1 amide bonds. The zero-order valence-electron chi connectivity index (χ0n) is 22.8. The molecule has 0 aromatic rings. The molecule has 5 nitrogen and oxygen atoms in total. The van der Waals surface area contributed by atoms with E-state index in [1.165, 1.54) is 89.9 Å². The summed E-state index contributed by atoms with van der Waals surface area (Å²) in [5.41, 5.74) is 0. The molecule has 2 aliphatic heterocycles. The van der Waals surface area contributed by atoms with Crippen LogP contribution in [0.25, 0.3) is 0 Å². The highest BCUT2D eigenvalue weighted by Crippen LogP contribution is 2.16. The van der Waals surface area contributed by atoms with E-state index in [0.717, 1.165) is 51.9 Å². The van der Waals surface area contributed by atoms with E-state index in [0.29, 0.717) is 19.4 Å². The number of esters is 1. The highest BCUT2D eigenvalue weighted by atomic mass is 35.5. The Labute approximate surface area is 222 Å². The molecular formula is C29H55ClN2O3. The second-order valence-corrected chi connectivity index (χ2v) is 10.8. The lowest BCUT2D eigenvalue weighted by molar-refractivity contribution is -0.154. The average Bonchev–Trinajstić information content (AvgIpc) is 2.84. The largest absolute Gasteiger partial charge is 0.459 e. The topological polar surface area (TPSA) is 49.9 Å². The molecule has 206 valence electrons. The van der Waals surface area contributed by atoms with Crippen molar-refractivity contribution >= 4 is 24.3 Å². The molecule has 0 aromatic carbocycles. The van der Waals surface area contributed by atoms with E-state index in [1.54, 1.807) is 0 Å². The van der Waals surface area contributed by atoms with Gasteiger partial charge in [0, 0.05) is 25.9 Å². The Kier molecular flexibility index (Phi) is 19.6. The maximum Gasteiger partial charge on any atom is 0.306 e. The molecular weight excluding hydrogens is 460 g/mol. The van der Waals surface area contributed by atoms with E-state index in [4.69, 9.17) is 4.74 Å². The predicted molar refractivity (Wildman–Crippen MR) is 148 cm³/mol. The number of unbranched alkanes of at least 4 members (excludes halogenated alkanes) is 12. The fraction of sp³-hybridized carbons (Fsp3) is 0.931. The Bertz CT molecular complexity index is 540. The van der Waals surface area contributed by atoms with Gasteiger partial charge in [-0.25, -0.2) is 0 Å². The summed E-state index contributed by atoms with van der Waals surface area (Å²) in [6.07, 6.45) is 23.8. The van der Waals surface area contributed by atoms with Crippen LogP contribution in [0.5, 0.6) is 0 Å². The van der Waals surface area contributed by atoms with E-state index < -0.39 is 0 Å². The van der Waals surface area contributed by atoms with Crippen LogP contribution >= 0.6 is 12.4 Å². The molecule has 2 fully saturated rings. The smallest absolute Gasteiger partial charge is 0.306 e. The van der Waals surface area contributed by atoms with Gasteiger partial charge in [-0.1, -0.05) is 90.4 Å². The fourth-order valence-electron chi connectivity index (χ4n) is 5.39. The van der Waals surface area contributed by atoms with Gasteiger partial charge in [-0.2, -0.15) is 0 Å². The average molecular weight is 515 g/mol. The summed E-state index contributed by atoms with van der Waals surface area (Å²) < 4.78 is 5.94. The lowest BCUT2D eigenvalue weighted by atomic mass is 10.0. The Balaban J connectivity index is 0.00000612. The number of ether oxygens (including phenoxy) is 1. The Hall–Kier alpha value is -0.810.